The maximum atomic E-state index is 11.4. The van der Waals surface area contributed by atoms with Gasteiger partial charge in [-0.25, -0.2) is 0 Å². The average Bonchev–Trinajstić information content (AvgIpc) is 2.44. The van der Waals surface area contributed by atoms with Crippen molar-refractivity contribution in [2.24, 2.45) is 0 Å². The number of amides is 2. The Balaban J connectivity index is 3.27. The molecule has 0 aliphatic carbocycles. The molecule has 3 nitrogen and oxygen atoms in total. The summed E-state index contributed by atoms with van der Waals surface area (Å²) < 4.78 is 0. The van der Waals surface area contributed by atoms with Crippen LogP contribution in [0.2, 0.25) is 0 Å². The zero-order valence-corrected chi connectivity index (χ0v) is 14.0. The SMILES string of the molecule is C=C(C)C(=O)NC(=O)CCCCCCCCCCCCC. The normalized spacial score (nSPS) is 10.4. The minimum atomic E-state index is -0.358. The first-order valence-corrected chi connectivity index (χ1v) is 8.57. The van der Waals surface area contributed by atoms with E-state index in [2.05, 4.69) is 18.8 Å². The Labute approximate surface area is 130 Å². The maximum absolute atomic E-state index is 11.4. The first kappa shape index (κ1) is 19.9. The van der Waals surface area contributed by atoms with E-state index in [1.807, 2.05) is 0 Å². The summed E-state index contributed by atoms with van der Waals surface area (Å²) in [5, 5.41) is 2.34. The minimum absolute atomic E-state index is 0.182. The lowest BCUT2D eigenvalue weighted by molar-refractivity contribution is -0.128. The maximum Gasteiger partial charge on any atom is 0.252 e. The van der Waals surface area contributed by atoms with Gasteiger partial charge in [0.1, 0.15) is 0 Å². The van der Waals surface area contributed by atoms with Gasteiger partial charge in [-0.15, -0.1) is 0 Å². The highest BCUT2D eigenvalue weighted by molar-refractivity contribution is 6.03. The molecule has 0 atom stereocenters. The molecule has 0 fully saturated rings. The Bertz CT molecular complexity index is 310. The zero-order chi connectivity index (χ0) is 15.9. The van der Waals surface area contributed by atoms with Crippen LogP contribution in [0.5, 0.6) is 0 Å². The highest BCUT2D eigenvalue weighted by Crippen LogP contribution is 2.11. The van der Waals surface area contributed by atoms with Gasteiger partial charge in [-0.05, 0) is 13.3 Å². The molecule has 21 heavy (non-hydrogen) atoms. The summed E-state index contributed by atoms with van der Waals surface area (Å²) in [5.74, 6) is -0.540. The van der Waals surface area contributed by atoms with Crippen molar-refractivity contribution in [1.82, 2.24) is 5.32 Å². The van der Waals surface area contributed by atoms with Crippen LogP contribution in [0.25, 0.3) is 0 Å². The fourth-order valence-electron chi connectivity index (χ4n) is 2.25. The van der Waals surface area contributed by atoms with Gasteiger partial charge in [-0.3, -0.25) is 14.9 Å². The van der Waals surface area contributed by atoms with Crippen molar-refractivity contribution in [2.45, 2.75) is 90.9 Å². The van der Waals surface area contributed by atoms with Crippen LogP contribution in [0.15, 0.2) is 12.2 Å². The molecule has 2 amide bonds. The van der Waals surface area contributed by atoms with Crippen LogP contribution in [0.4, 0.5) is 0 Å². The van der Waals surface area contributed by atoms with Gasteiger partial charge in [-0.2, -0.15) is 0 Å². The lowest BCUT2D eigenvalue weighted by Gasteiger charge is -2.04. The molecule has 0 aromatic rings. The quantitative estimate of drug-likeness (QED) is 0.388. The second-order valence-corrected chi connectivity index (χ2v) is 5.94. The molecule has 0 heterocycles. The van der Waals surface area contributed by atoms with E-state index in [0.717, 1.165) is 12.8 Å². The average molecular weight is 295 g/mol. The van der Waals surface area contributed by atoms with E-state index in [-0.39, 0.29) is 11.8 Å². The van der Waals surface area contributed by atoms with Crippen LogP contribution in [0.3, 0.4) is 0 Å². The molecular formula is C18H33NO2. The van der Waals surface area contributed by atoms with Gasteiger partial charge in [-0.1, -0.05) is 77.7 Å². The summed E-state index contributed by atoms with van der Waals surface area (Å²) in [7, 11) is 0. The number of hydrogen-bond donors (Lipinski definition) is 1. The second-order valence-electron chi connectivity index (χ2n) is 5.94. The Hall–Kier alpha value is -1.12. The van der Waals surface area contributed by atoms with Crippen LogP contribution in [-0.4, -0.2) is 11.8 Å². The molecule has 122 valence electrons. The van der Waals surface area contributed by atoms with E-state index in [9.17, 15) is 9.59 Å². The molecule has 0 rings (SSSR count). The molecule has 0 aliphatic rings. The molecule has 0 bridgehead atoms. The summed E-state index contributed by atoms with van der Waals surface area (Å²) >= 11 is 0. The van der Waals surface area contributed by atoms with E-state index in [1.54, 1.807) is 6.92 Å². The second kappa shape index (κ2) is 13.8. The minimum Gasteiger partial charge on any atom is -0.293 e. The predicted molar refractivity (Wildman–Crippen MR) is 89.0 cm³/mol. The van der Waals surface area contributed by atoms with Crippen LogP contribution in [-0.2, 0) is 9.59 Å². The van der Waals surface area contributed by atoms with Gasteiger partial charge in [0.05, 0.1) is 0 Å². The van der Waals surface area contributed by atoms with E-state index in [1.165, 1.54) is 57.8 Å². The fraction of sp³-hybridized carbons (Fsp3) is 0.778. The lowest BCUT2D eigenvalue weighted by Crippen LogP contribution is -2.30. The highest BCUT2D eigenvalue weighted by Gasteiger charge is 2.07. The molecule has 0 aromatic heterocycles. The Morgan fingerprint density at radius 3 is 1.67 bits per heavy atom. The Kier molecular flexibility index (Phi) is 13.1. The van der Waals surface area contributed by atoms with Gasteiger partial charge in [0, 0.05) is 12.0 Å². The van der Waals surface area contributed by atoms with Crippen LogP contribution >= 0.6 is 0 Å². The van der Waals surface area contributed by atoms with Gasteiger partial charge < -0.3 is 0 Å². The number of unbranched alkanes of at least 4 members (excludes halogenated alkanes) is 10. The number of hydrogen-bond acceptors (Lipinski definition) is 2. The molecule has 0 saturated carbocycles. The summed E-state index contributed by atoms with van der Waals surface area (Å²) in [5.41, 5.74) is 0.377. The van der Waals surface area contributed by atoms with Crippen LogP contribution < -0.4 is 5.32 Å². The highest BCUT2D eigenvalue weighted by atomic mass is 16.2. The summed E-state index contributed by atoms with van der Waals surface area (Å²) in [6.07, 6.45) is 14.3. The topological polar surface area (TPSA) is 46.2 Å². The van der Waals surface area contributed by atoms with Crippen molar-refractivity contribution in [1.29, 1.82) is 0 Å². The van der Waals surface area contributed by atoms with Crippen molar-refractivity contribution in [3.63, 3.8) is 0 Å². The van der Waals surface area contributed by atoms with E-state index in [4.69, 9.17) is 0 Å². The van der Waals surface area contributed by atoms with Gasteiger partial charge >= 0.3 is 0 Å². The smallest absolute Gasteiger partial charge is 0.252 e. The number of nitrogens with one attached hydrogen (secondary N) is 1. The summed E-state index contributed by atoms with van der Waals surface area (Å²) in [6, 6.07) is 0. The first-order chi connectivity index (χ1) is 10.1. The third kappa shape index (κ3) is 13.6. The molecule has 0 saturated heterocycles. The Morgan fingerprint density at radius 1 is 0.810 bits per heavy atom. The van der Waals surface area contributed by atoms with Crippen molar-refractivity contribution in [2.75, 3.05) is 0 Å². The lowest BCUT2D eigenvalue weighted by atomic mass is 10.1. The molecule has 0 unspecified atom stereocenters. The largest absolute Gasteiger partial charge is 0.293 e. The first-order valence-electron chi connectivity index (χ1n) is 8.57. The number of carbonyl (C=O) groups is 2. The number of imide groups is 1. The third-order valence-electron chi connectivity index (χ3n) is 3.65. The standard InChI is InChI=1S/C18H33NO2/c1-4-5-6-7-8-9-10-11-12-13-14-15-17(20)19-18(21)16(2)3/h2,4-15H2,1,3H3,(H,19,20,21). The van der Waals surface area contributed by atoms with Crippen molar-refractivity contribution in [3.8, 4) is 0 Å². The molecule has 0 aromatic carbocycles. The number of carbonyl (C=O) groups excluding carboxylic acids is 2. The van der Waals surface area contributed by atoms with E-state index in [0.29, 0.717) is 12.0 Å². The zero-order valence-electron chi connectivity index (χ0n) is 14.0. The Morgan fingerprint density at radius 2 is 1.24 bits per heavy atom. The number of rotatable bonds is 13. The fourth-order valence-corrected chi connectivity index (χ4v) is 2.25. The van der Waals surface area contributed by atoms with Gasteiger partial charge in [0.2, 0.25) is 5.91 Å². The van der Waals surface area contributed by atoms with Gasteiger partial charge in [0.15, 0.2) is 0 Å². The molecule has 0 spiro atoms. The van der Waals surface area contributed by atoms with Crippen LogP contribution in [0.1, 0.15) is 90.9 Å². The van der Waals surface area contributed by atoms with Crippen molar-refractivity contribution in [3.05, 3.63) is 12.2 Å². The van der Waals surface area contributed by atoms with E-state index >= 15 is 0 Å². The van der Waals surface area contributed by atoms with Crippen molar-refractivity contribution < 1.29 is 9.59 Å². The van der Waals surface area contributed by atoms with Gasteiger partial charge in [0.25, 0.3) is 5.91 Å². The molecule has 1 N–H and O–H groups in total. The summed E-state index contributed by atoms with van der Waals surface area (Å²) in [6.45, 7) is 7.35. The summed E-state index contributed by atoms with van der Waals surface area (Å²) in [4.78, 5) is 22.7. The van der Waals surface area contributed by atoms with Crippen LogP contribution in [0, 0.1) is 0 Å². The van der Waals surface area contributed by atoms with E-state index < -0.39 is 0 Å². The molecule has 0 aliphatic heterocycles. The van der Waals surface area contributed by atoms with Crippen molar-refractivity contribution >= 4 is 11.8 Å². The third-order valence-corrected chi connectivity index (χ3v) is 3.65. The molecular weight excluding hydrogens is 262 g/mol. The molecule has 0 radical (unpaired) electrons. The molecule has 3 heteroatoms. The monoisotopic (exact) mass is 295 g/mol. The predicted octanol–water partition coefficient (Wildman–Crippen LogP) is 4.91.